The Balaban J connectivity index is 1.73. The van der Waals surface area contributed by atoms with Gasteiger partial charge in [0.2, 0.25) is 5.69 Å². The van der Waals surface area contributed by atoms with Crippen molar-refractivity contribution in [1.29, 1.82) is 0 Å². The van der Waals surface area contributed by atoms with Gasteiger partial charge < -0.3 is 4.42 Å². The largest absolute Gasteiger partial charge is 0.456 e. The quantitative estimate of drug-likeness (QED) is 0.316. The molecule has 144 valence electrons. The van der Waals surface area contributed by atoms with Crippen molar-refractivity contribution in [3.05, 3.63) is 78.0 Å². The molecule has 5 aromatic rings. The fraction of sp³-hybridized carbons (Fsp3) is 0.222. The van der Waals surface area contributed by atoms with Gasteiger partial charge in [0.25, 0.3) is 0 Å². The molecule has 2 heteroatoms. The van der Waals surface area contributed by atoms with E-state index in [-0.39, 0.29) is 5.92 Å². The molecule has 29 heavy (non-hydrogen) atoms. The Morgan fingerprint density at radius 2 is 1.62 bits per heavy atom. The van der Waals surface area contributed by atoms with Gasteiger partial charge in [0.05, 0.1) is 5.56 Å². The summed E-state index contributed by atoms with van der Waals surface area (Å²) in [5, 5.41) is 4.60. The van der Waals surface area contributed by atoms with Gasteiger partial charge in [0.1, 0.15) is 18.2 Å². The van der Waals surface area contributed by atoms with Crippen molar-refractivity contribution < 1.29 is 11.7 Å². The molecular weight excluding hydrogens is 354 g/mol. The molecule has 0 saturated heterocycles. The molecule has 2 nitrogen and oxygen atoms in total. The zero-order valence-corrected chi connectivity index (χ0v) is 17.3. The van der Waals surface area contributed by atoms with E-state index in [0.29, 0.717) is 5.56 Å². The van der Waals surface area contributed by atoms with Crippen LogP contribution in [0.5, 0.6) is 0 Å². The van der Waals surface area contributed by atoms with E-state index in [1.54, 1.807) is 0 Å². The van der Waals surface area contributed by atoms with Crippen LogP contribution in [-0.4, -0.2) is 0 Å². The van der Waals surface area contributed by atoms with Crippen LogP contribution in [0.15, 0.2) is 71.3 Å². The fourth-order valence-corrected chi connectivity index (χ4v) is 4.15. The third-order valence-electron chi connectivity index (χ3n) is 5.57. The average molecular weight is 383 g/mol. The van der Waals surface area contributed by atoms with Crippen LogP contribution >= 0.6 is 0 Å². The number of hydrogen-bond acceptors (Lipinski definition) is 1. The summed E-state index contributed by atoms with van der Waals surface area (Å²) in [5.74, 6) is -0.110. The summed E-state index contributed by atoms with van der Waals surface area (Å²) in [7, 11) is 2.00. The smallest absolute Gasteiger partial charge is 0.212 e. The molecule has 0 atom stereocenters. The monoisotopic (exact) mass is 382 g/mol. The van der Waals surface area contributed by atoms with Crippen molar-refractivity contribution in [2.45, 2.75) is 27.1 Å². The van der Waals surface area contributed by atoms with Crippen LogP contribution < -0.4 is 4.57 Å². The molecule has 2 aromatic heterocycles. The van der Waals surface area contributed by atoms with Gasteiger partial charge in [0, 0.05) is 25.6 Å². The second kappa shape index (κ2) is 6.73. The highest BCUT2D eigenvalue weighted by molar-refractivity contribution is 6.10. The summed E-state index contributed by atoms with van der Waals surface area (Å²) >= 11 is 0. The minimum atomic E-state index is -1.39. The van der Waals surface area contributed by atoms with Crippen LogP contribution in [0.3, 0.4) is 0 Å². The lowest BCUT2D eigenvalue weighted by atomic mass is 9.97. The first-order valence-electron chi connectivity index (χ1n) is 11.1. The van der Waals surface area contributed by atoms with E-state index in [9.17, 15) is 0 Å². The van der Waals surface area contributed by atoms with Crippen molar-refractivity contribution in [3.63, 3.8) is 0 Å². The van der Waals surface area contributed by atoms with E-state index in [0.717, 1.165) is 38.8 Å². The molecule has 0 aliphatic rings. The molecule has 0 spiro atoms. The topological polar surface area (TPSA) is 17.0 Å². The summed E-state index contributed by atoms with van der Waals surface area (Å²) in [6, 6.07) is 20.8. The maximum atomic E-state index is 8.52. The first kappa shape index (κ1) is 15.8. The SMILES string of the molecule is [2H]C([2H])(c1cc[n+](C)c(-c2cc3oc4cc5ccccc5cc4c3cc2C)c1)C(C)C. The normalized spacial score (nSPS) is 13.4. The minimum absolute atomic E-state index is 0.110. The fourth-order valence-electron chi connectivity index (χ4n) is 4.15. The molecular formula is C27H26NO+. The van der Waals surface area contributed by atoms with Crippen molar-refractivity contribution in [1.82, 2.24) is 0 Å². The van der Waals surface area contributed by atoms with Gasteiger partial charge in [-0.25, -0.2) is 4.57 Å². The summed E-state index contributed by atoms with van der Waals surface area (Å²) < 4.78 is 25.4. The van der Waals surface area contributed by atoms with Gasteiger partial charge in [-0.3, -0.25) is 0 Å². The van der Waals surface area contributed by atoms with Crippen LogP contribution in [-0.2, 0) is 13.4 Å². The van der Waals surface area contributed by atoms with E-state index >= 15 is 0 Å². The molecule has 0 bridgehead atoms. The number of nitrogens with zero attached hydrogens (tertiary/aromatic N) is 1. The molecule has 0 radical (unpaired) electrons. The Morgan fingerprint density at radius 1 is 0.931 bits per heavy atom. The van der Waals surface area contributed by atoms with E-state index < -0.39 is 6.37 Å². The maximum Gasteiger partial charge on any atom is 0.212 e. The number of benzene rings is 3. The summed E-state index contributed by atoms with van der Waals surface area (Å²) in [6.45, 7) is 5.95. The summed E-state index contributed by atoms with van der Waals surface area (Å²) in [5.41, 5.74) is 5.61. The number of pyridine rings is 1. The van der Waals surface area contributed by atoms with Crippen LogP contribution in [0.1, 0.15) is 27.7 Å². The highest BCUT2D eigenvalue weighted by Crippen LogP contribution is 2.36. The van der Waals surface area contributed by atoms with E-state index in [1.165, 1.54) is 10.8 Å². The Hall–Kier alpha value is -3.13. The Kier molecular flexibility index (Phi) is 3.66. The second-order valence-electron chi connectivity index (χ2n) is 8.17. The van der Waals surface area contributed by atoms with E-state index in [2.05, 4.69) is 49.4 Å². The number of furan rings is 1. The number of aromatic nitrogens is 1. The molecule has 0 fully saturated rings. The van der Waals surface area contributed by atoms with Gasteiger partial charge in [-0.15, -0.1) is 0 Å². The average Bonchev–Trinajstić information content (AvgIpc) is 3.08. The van der Waals surface area contributed by atoms with Crippen molar-refractivity contribution >= 4 is 32.7 Å². The van der Waals surface area contributed by atoms with Gasteiger partial charge in [-0.05, 0) is 65.4 Å². The molecule has 2 heterocycles. The van der Waals surface area contributed by atoms with Crippen LogP contribution in [0.2, 0.25) is 0 Å². The van der Waals surface area contributed by atoms with E-state index in [4.69, 9.17) is 7.16 Å². The molecule has 0 amide bonds. The highest BCUT2D eigenvalue weighted by atomic mass is 16.3. The molecule has 0 N–H and O–H groups in total. The zero-order chi connectivity index (χ0) is 21.9. The standard InChI is InChI=1S/C27H26NO/c1-17(2)11-19-9-10-28(4)25(13-19)22-16-27-23(12-18(22)3)24-14-20-7-5-6-8-21(20)15-26(24)29-27/h5-10,12-17H,11H2,1-4H3/q+1/i11D2. The zero-order valence-electron chi connectivity index (χ0n) is 19.3. The van der Waals surface area contributed by atoms with Crippen molar-refractivity contribution in [3.8, 4) is 11.3 Å². The summed E-state index contributed by atoms with van der Waals surface area (Å²) in [4.78, 5) is 0. The molecule has 0 unspecified atom stereocenters. The number of hydrogen-bond donors (Lipinski definition) is 0. The molecule has 3 aromatic carbocycles. The van der Waals surface area contributed by atoms with Gasteiger partial charge in [-0.2, -0.15) is 0 Å². The number of aryl methyl sites for hydroxylation is 2. The Morgan fingerprint density at radius 3 is 2.38 bits per heavy atom. The Bertz CT molecular complexity index is 1460. The summed E-state index contributed by atoms with van der Waals surface area (Å²) in [6.07, 6.45) is 0.556. The van der Waals surface area contributed by atoms with Crippen LogP contribution in [0.25, 0.3) is 44.0 Å². The lowest BCUT2D eigenvalue weighted by Crippen LogP contribution is -2.30. The van der Waals surface area contributed by atoms with Crippen LogP contribution in [0, 0.1) is 12.8 Å². The molecule has 0 aliphatic heterocycles. The van der Waals surface area contributed by atoms with Crippen molar-refractivity contribution in [2.75, 3.05) is 0 Å². The van der Waals surface area contributed by atoms with Gasteiger partial charge >= 0.3 is 0 Å². The Labute approximate surface area is 174 Å². The molecule has 5 rings (SSSR count). The lowest BCUT2D eigenvalue weighted by molar-refractivity contribution is -0.660. The number of rotatable bonds is 3. The van der Waals surface area contributed by atoms with Crippen LogP contribution in [0.4, 0.5) is 0 Å². The number of fused-ring (bicyclic) bond motifs is 4. The second-order valence-corrected chi connectivity index (χ2v) is 8.17. The molecule has 0 saturated carbocycles. The highest BCUT2D eigenvalue weighted by Gasteiger charge is 2.18. The van der Waals surface area contributed by atoms with Gasteiger partial charge in [0.15, 0.2) is 6.20 Å². The minimum Gasteiger partial charge on any atom is -0.456 e. The first-order valence-corrected chi connectivity index (χ1v) is 10.1. The maximum absolute atomic E-state index is 8.52. The van der Waals surface area contributed by atoms with E-state index in [1.807, 2.05) is 49.9 Å². The molecule has 0 aliphatic carbocycles. The third kappa shape index (κ3) is 3.09. The lowest BCUT2D eigenvalue weighted by Gasteiger charge is -2.08. The first-order chi connectivity index (χ1) is 14.8. The van der Waals surface area contributed by atoms with Crippen molar-refractivity contribution in [2.24, 2.45) is 13.0 Å². The predicted molar refractivity (Wildman–Crippen MR) is 121 cm³/mol. The third-order valence-corrected chi connectivity index (χ3v) is 5.57. The van der Waals surface area contributed by atoms with Gasteiger partial charge in [-0.1, -0.05) is 38.1 Å². The predicted octanol–water partition coefficient (Wildman–Crippen LogP) is 6.74.